The Morgan fingerprint density at radius 2 is 1.96 bits per heavy atom. The molecule has 0 spiro atoms. The number of rotatable bonds is 8. The van der Waals surface area contributed by atoms with Crippen LogP contribution < -0.4 is 10.6 Å². The lowest BCUT2D eigenvalue weighted by Gasteiger charge is -2.18. The highest BCUT2D eigenvalue weighted by molar-refractivity contribution is 7.90. The van der Waals surface area contributed by atoms with Crippen LogP contribution in [0.4, 0.5) is 4.39 Å². The molecule has 24 heavy (non-hydrogen) atoms. The maximum atomic E-state index is 12.9. The van der Waals surface area contributed by atoms with Gasteiger partial charge in [-0.25, -0.2) is 12.8 Å². The number of sulfone groups is 1. The van der Waals surface area contributed by atoms with Crippen LogP contribution in [0.15, 0.2) is 29.3 Å². The third-order valence-electron chi connectivity index (χ3n) is 3.33. The monoisotopic (exact) mass is 359 g/mol. The molecule has 0 aliphatic rings. The van der Waals surface area contributed by atoms with E-state index in [0.717, 1.165) is 0 Å². The molecule has 0 amide bonds. The first-order valence-corrected chi connectivity index (χ1v) is 9.93. The molecule has 1 aromatic rings. The molecule has 0 saturated heterocycles. The molecular formula is C16H26FN3O3S. The fourth-order valence-corrected chi connectivity index (χ4v) is 2.77. The smallest absolute Gasteiger partial charge is 0.191 e. The predicted molar refractivity (Wildman–Crippen MR) is 94.3 cm³/mol. The number of hydrogen-bond donors (Lipinski definition) is 3. The van der Waals surface area contributed by atoms with Crippen LogP contribution in [0.1, 0.15) is 31.9 Å². The number of guanidine groups is 1. The SMILES string of the molecule is CCNC(=NCC(O)c1ccc(F)cc1)NC(C)CCS(C)(=O)=O. The van der Waals surface area contributed by atoms with E-state index < -0.39 is 15.9 Å². The van der Waals surface area contributed by atoms with Crippen LogP contribution in [0.2, 0.25) is 0 Å². The second-order valence-electron chi connectivity index (χ2n) is 5.75. The van der Waals surface area contributed by atoms with Crippen molar-refractivity contribution in [1.82, 2.24) is 10.6 Å². The van der Waals surface area contributed by atoms with Crippen LogP contribution >= 0.6 is 0 Å². The molecular weight excluding hydrogens is 333 g/mol. The van der Waals surface area contributed by atoms with E-state index in [1.165, 1.54) is 30.5 Å². The number of halogens is 1. The van der Waals surface area contributed by atoms with E-state index in [0.29, 0.717) is 24.5 Å². The molecule has 3 N–H and O–H groups in total. The van der Waals surface area contributed by atoms with E-state index in [1.54, 1.807) is 0 Å². The molecule has 8 heteroatoms. The number of nitrogens with one attached hydrogen (secondary N) is 2. The lowest BCUT2D eigenvalue weighted by Crippen LogP contribution is -2.43. The summed E-state index contributed by atoms with van der Waals surface area (Å²) in [6, 6.07) is 5.54. The third-order valence-corrected chi connectivity index (χ3v) is 4.30. The van der Waals surface area contributed by atoms with E-state index in [-0.39, 0.29) is 24.2 Å². The zero-order chi connectivity index (χ0) is 18.2. The summed E-state index contributed by atoms with van der Waals surface area (Å²) in [5, 5.41) is 16.3. The molecule has 0 radical (unpaired) electrons. The van der Waals surface area contributed by atoms with Gasteiger partial charge in [-0.15, -0.1) is 0 Å². The van der Waals surface area contributed by atoms with Crippen LogP contribution in [0.25, 0.3) is 0 Å². The van der Waals surface area contributed by atoms with Crippen molar-refractivity contribution in [2.24, 2.45) is 4.99 Å². The van der Waals surface area contributed by atoms with Gasteiger partial charge in [0.05, 0.1) is 18.4 Å². The van der Waals surface area contributed by atoms with Gasteiger partial charge in [-0.1, -0.05) is 12.1 Å². The summed E-state index contributed by atoms with van der Waals surface area (Å²) in [4.78, 5) is 4.30. The maximum Gasteiger partial charge on any atom is 0.191 e. The average molecular weight is 359 g/mol. The molecule has 0 aromatic heterocycles. The van der Waals surface area contributed by atoms with Gasteiger partial charge in [0.25, 0.3) is 0 Å². The lowest BCUT2D eigenvalue weighted by atomic mass is 10.1. The van der Waals surface area contributed by atoms with Crippen LogP contribution in [0.5, 0.6) is 0 Å². The summed E-state index contributed by atoms with van der Waals surface area (Å²) in [5.41, 5.74) is 0.584. The fourth-order valence-electron chi connectivity index (χ4n) is 1.98. The summed E-state index contributed by atoms with van der Waals surface area (Å²) in [5.74, 6) is 0.238. The molecule has 1 rings (SSSR count). The van der Waals surface area contributed by atoms with Gasteiger partial charge in [-0.3, -0.25) is 4.99 Å². The summed E-state index contributed by atoms with van der Waals surface area (Å²) in [6.07, 6.45) is 0.828. The molecule has 1 aromatic carbocycles. The predicted octanol–water partition coefficient (Wildman–Crippen LogP) is 1.24. The first-order valence-electron chi connectivity index (χ1n) is 7.87. The number of aliphatic hydroxyl groups is 1. The highest BCUT2D eigenvalue weighted by atomic mass is 32.2. The zero-order valence-electron chi connectivity index (χ0n) is 14.3. The summed E-state index contributed by atoms with van der Waals surface area (Å²) in [7, 11) is -3.00. The minimum atomic E-state index is -3.00. The van der Waals surface area contributed by atoms with E-state index >= 15 is 0 Å². The van der Waals surface area contributed by atoms with Gasteiger partial charge in [0, 0.05) is 18.8 Å². The van der Waals surface area contributed by atoms with Crippen LogP contribution in [-0.2, 0) is 9.84 Å². The number of hydrogen-bond acceptors (Lipinski definition) is 4. The highest BCUT2D eigenvalue weighted by Crippen LogP contribution is 2.13. The van der Waals surface area contributed by atoms with Crippen LogP contribution in [0, 0.1) is 5.82 Å². The van der Waals surface area contributed by atoms with Gasteiger partial charge in [-0.05, 0) is 38.0 Å². The van der Waals surface area contributed by atoms with Crippen molar-refractivity contribution in [3.05, 3.63) is 35.6 Å². The van der Waals surface area contributed by atoms with Crippen molar-refractivity contribution in [3.8, 4) is 0 Å². The minimum absolute atomic E-state index is 0.0829. The maximum absolute atomic E-state index is 12.9. The second kappa shape index (κ2) is 9.58. The molecule has 6 nitrogen and oxygen atoms in total. The average Bonchev–Trinajstić information content (AvgIpc) is 2.50. The van der Waals surface area contributed by atoms with Crippen molar-refractivity contribution >= 4 is 15.8 Å². The number of nitrogens with zero attached hydrogens (tertiary/aromatic N) is 1. The Morgan fingerprint density at radius 1 is 1.33 bits per heavy atom. The summed E-state index contributed by atoms with van der Waals surface area (Å²) in [6.45, 7) is 4.53. The van der Waals surface area contributed by atoms with Gasteiger partial charge in [-0.2, -0.15) is 0 Å². The lowest BCUT2D eigenvalue weighted by molar-refractivity contribution is 0.187. The Morgan fingerprint density at radius 3 is 2.50 bits per heavy atom. The quantitative estimate of drug-likeness (QED) is 0.480. The van der Waals surface area contributed by atoms with Crippen LogP contribution in [0.3, 0.4) is 0 Å². The van der Waals surface area contributed by atoms with Crippen molar-refractivity contribution < 1.29 is 17.9 Å². The molecule has 0 bridgehead atoms. The van der Waals surface area contributed by atoms with E-state index in [1.807, 2.05) is 13.8 Å². The van der Waals surface area contributed by atoms with Crippen LogP contribution in [-0.4, -0.2) is 50.6 Å². The fraction of sp³-hybridized carbons (Fsp3) is 0.562. The zero-order valence-corrected chi connectivity index (χ0v) is 15.1. The number of aliphatic imine (C=N–C) groups is 1. The van der Waals surface area contributed by atoms with E-state index in [2.05, 4.69) is 15.6 Å². The molecule has 2 unspecified atom stereocenters. The number of aliphatic hydroxyl groups excluding tert-OH is 1. The second-order valence-corrected chi connectivity index (χ2v) is 8.01. The molecule has 0 heterocycles. The van der Waals surface area contributed by atoms with E-state index in [9.17, 15) is 17.9 Å². The largest absolute Gasteiger partial charge is 0.386 e. The van der Waals surface area contributed by atoms with Crippen molar-refractivity contribution in [2.75, 3.05) is 25.1 Å². The summed E-state index contributed by atoms with van der Waals surface area (Å²) >= 11 is 0. The minimum Gasteiger partial charge on any atom is -0.386 e. The van der Waals surface area contributed by atoms with Gasteiger partial charge in [0.2, 0.25) is 0 Å². The Bertz CT molecular complexity index is 632. The Balaban J connectivity index is 2.62. The Hall–Kier alpha value is -1.67. The third kappa shape index (κ3) is 8.26. The molecule has 136 valence electrons. The molecule has 2 atom stereocenters. The summed E-state index contributed by atoms with van der Waals surface area (Å²) < 4.78 is 35.3. The molecule has 0 fully saturated rings. The number of benzene rings is 1. The van der Waals surface area contributed by atoms with Gasteiger partial charge in [0.15, 0.2) is 5.96 Å². The Labute approximate surface area is 143 Å². The molecule has 0 aliphatic heterocycles. The van der Waals surface area contributed by atoms with Gasteiger partial charge < -0.3 is 15.7 Å². The Kier molecular flexibility index (Phi) is 8.14. The van der Waals surface area contributed by atoms with Crippen molar-refractivity contribution in [1.29, 1.82) is 0 Å². The van der Waals surface area contributed by atoms with Crippen molar-refractivity contribution in [3.63, 3.8) is 0 Å². The molecule has 0 saturated carbocycles. The first kappa shape index (κ1) is 20.4. The highest BCUT2D eigenvalue weighted by Gasteiger charge is 2.11. The first-order chi connectivity index (χ1) is 11.2. The normalized spacial score (nSPS) is 15.0. The topological polar surface area (TPSA) is 90.8 Å². The molecule has 0 aliphatic carbocycles. The van der Waals surface area contributed by atoms with Gasteiger partial charge >= 0.3 is 0 Å². The standard InChI is InChI=1S/C16H26FN3O3S/c1-4-18-16(20-12(2)9-10-24(3,22)23)19-11-15(21)13-5-7-14(17)8-6-13/h5-8,12,15,21H,4,9-11H2,1-3H3,(H2,18,19,20). The van der Waals surface area contributed by atoms with E-state index in [4.69, 9.17) is 0 Å². The van der Waals surface area contributed by atoms with Gasteiger partial charge in [0.1, 0.15) is 15.7 Å². The van der Waals surface area contributed by atoms with Crippen molar-refractivity contribution in [2.45, 2.75) is 32.4 Å².